The Morgan fingerprint density at radius 1 is 1.16 bits per heavy atom. The lowest BCUT2D eigenvalue weighted by Gasteiger charge is -2.32. The number of aliphatic hydroxyl groups is 1. The molecule has 1 heterocycles. The number of phenols is 1. The number of hydrazone groups is 1. The van der Waals surface area contributed by atoms with Crippen LogP contribution in [0.15, 0.2) is 29.4 Å². The molecular weight excluding hydrogens is 337 g/mol. The number of phenolic OH excluding ortho intramolecular Hbond substituents is 1. The van der Waals surface area contributed by atoms with Crippen molar-refractivity contribution in [1.29, 1.82) is 0 Å². The smallest absolute Gasteiger partial charge is 0.438 e. The zero-order valence-electron chi connectivity index (χ0n) is 13.5. The van der Waals surface area contributed by atoms with Crippen LogP contribution in [0.3, 0.4) is 0 Å². The predicted octanol–water partition coefficient (Wildman–Crippen LogP) is 3.43. The normalized spacial score (nSPS) is 25.1. The van der Waals surface area contributed by atoms with Crippen molar-refractivity contribution in [2.24, 2.45) is 11.0 Å². The molecule has 1 fully saturated rings. The minimum atomic E-state index is -5.03. The number of carbonyl (C=O) groups is 1. The van der Waals surface area contributed by atoms with Gasteiger partial charge >= 0.3 is 6.18 Å². The van der Waals surface area contributed by atoms with E-state index >= 15 is 0 Å². The molecule has 25 heavy (non-hydrogen) atoms. The molecule has 0 spiro atoms. The van der Waals surface area contributed by atoms with Gasteiger partial charge in [-0.1, -0.05) is 19.3 Å². The molecule has 1 aliphatic heterocycles. The fourth-order valence-corrected chi connectivity index (χ4v) is 3.40. The van der Waals surface area contributed by atoms with Crippen LogP contribution < -0.4 is 0 Å². The quantitative estimate of drug-likeness (QED) is 0.853. The van der Waals surface area contributed by atoms with Gasteiger partial charge in [0.05, 0.1) is 0 Å². The van der Waals surface area contributed by atoms with Crippen molar-refractivity contribution in [3.63, 3.8) is 0 Å². The summed E-state index contributed by atoms with van der Waals surface area (Å²) in [6.45, 7) is 0. The topological polar surface area (TPSA) is 73.1 Å². The molecular formula is C17H19F3N2O3. The second-order valence-corrected chi connectivity index (χ2v) is 6.58. The molecule has 5 nitrogen and oxygen atoms in total. The maximum Gasteiger partial charge on any atom is 0.438 e. The van der Waals surface area contributed by atoms with E-state index in [4.69, 9.17) is 0 Å². The Kier molecular flexibility index (Phi) is 4.49. The summed E-state index contributed by atoms with van der Waals surface area (Å²) in [5.41, 5.74) is -3.20. The number of nitrogens with zero attached hydrogens (tertiary/aromatic N) is 2. The summed E-state index contributed by atoms with van der Waals surface area (Å²) >= 11 is 0. The monoisotopic (exact) mass is 356 g/mol. The van der Waals surface area contributed by atoms with E-state index in [2.05, 4.69) is 5.10 Å². The SMILES string of the molecule is O=C(c1ccc(O)cc1)N1N=C(C2CCCCC2)C[C@@]1(O)C(F)(F)F. The minimum Gasteiger partial charge on any atom is -0.508 e. The summed E-state index contributed by atoms with van der Waals surface area (Å²) in [7, 11) is 0. The average Bonchev–Trinajstić information content (AvgIpc) is 2.95. The number of alkyl halides is 3. The standard InChI is InChI=1S/C17H19F3N2O3/c18-17(19,20)16(25)10-14(11-4-2-1-3-5-11)21-22(16)15(24)12-6-8-13(23)9-7-12/h6-9,11,23,25H,1-5,10H2/t16-/m1/s1. The third-order valence-corrected chi connectivity index (χ3v) is 4.84. The van der Waals surface area contributed by atoms with E-state index in [9.17, 15) is 28.2 Å². The third kappa shape index (κ3) is 3.22. The lowest BCUT2D eigenvalue weighted by atomic mass is 9.83. The molecule has 1 saturated carbocycles. The van der Waals surface area contributed by atoms with Gasteiger partial charge in [-0.3, -0.25) is 4.79 Å². The minimum absolute atomic E-state index is 0.0888. The fraction of sp³-hybridized carbons (Fsp3) is 0.529. The van der Waals surface area contributed by atoms with Crippen LogP contribution >= 0.6 is 0 Å². The molecule has 0 saturated heterocycles. The highest BCUT2D eigenvalue weighted by Gasteiger charge is 2.63. The summed E-state index contributed by atoms with van der Waals surface area (Å²) < 4.78 is 40.6. The maximum absolute atomic E-state index is 13.5. The Labute approximate surface area is 142 Å². The zero-order valence-corrected chi connectivity index (χ0v) is 13.5. The number of hydrogen-bond donors (Lipinski definition) is 2. The van der Waals surface area contributed by atoms with Crippen LogP contribution in [0.5, 0.6) is 5.75 Å². The van der Waals surface area contributed by atoms with E-state index in [0.717, 1.165) is 19.3 Å². The predicted molar refractivity (Wildman–Crippen MR) is 83.9 cm³/mol. The molecule has 1 aromatic carbocycles. The molecule has 1 amide bonds. The molecule has 0 radical (unpaired) electrons. The van der Waals surface area contributed by atoms with Crippen molar-refractivity contribution < 1.29 is 28.2 Å². The first-order chi connectivity index (χ1) is 11.7. The van der Waals surface area contributed by atoms with Crippen LogP contribution in [0.1, 0.15) is 48.9 Å². The van der Waals surface area contributed by atoms with Gasteiger partial charge in [0.1, 0.15) is 5.75 Å². The maximum atomic E-state index is 13.5. The van der Waals surface area contributed by atoms with Gasteiger partial charge in [-0.25, -0.2) is 0 Å². The van der Waals surface area contributed by atoms with Crippen molar-refractivity contribution in [3.8, 4) is 5.75 Å². The summed E-state index contributed by atoms with van der Waals surface area (Å²) in [5.74, 6) is -1.30. The molecule has 3 rings (SSSR count). The molecule has 136 valence electrons. The van der Waals surface area contributed by atoms with Crippen LogP contribution in [0.2, 0.25) is 0 Å². The van der Waals surface area contributed by atoms with Gasteiger partial charge in [-0.05, 0) is 43.0 Å². The van der Waals surface area contributed by atoms with Gasteiger partial charge in [0.15, 0.2) is 0 Å². The number of rotatable bonds is 2. The van der Waals surface area contributed by atoms with Gasteiger partial charge in [-0.2, -0.15) is 23.3 Å². The number of aromatic hydroxyl groups is 1. The lowest BCUT2D eigenvalue weighted by Crippen LogP contribution is -2.56. The van der Waals surface area contributed by atoms with E-state index in [1.807, 2.05) is 0 Å². The van der Waals surface area contributed by atoms with Crippen molar-refractivity contribution in [1.82, 2.24) is 5.01 Å². The Hall–Kier alpha value is -2.09. The number of amides is 1. The van der Waals surface area contributed by atoms with E-state index in [0.29, 0.717) is 12.8 Å². The largest absolute Gasteiger partial charge is 0.508 e. The van der Waals surface area contributed by atoms with Gasteiger partial charge in [0, 0.05) is 17.7 Å². The first kappa shape index (κ1) is 17.7. The van der Waals surface area contributed by atoms with Crippen LogP contribution in [0.4, 0.5) is 13.2 Å². The summed E-state index contributed by atoms with van der Waals surface area (Å²) in [6.07, 6.45) is -1.48. The van der Waals surface area contributed by atoms with Crippen molar-refractivity contribution in [3.05, 3.63) is 29.8 Å². The lowest BCUT2D eigenvalue weighted by molar-refractivity contribution is -0.297. The number of halogens is 3. The Balaban J connectivity index is 1.94. The number of carbonyl (C=O) groups excluding carboxylic acids is 1. The van der Waals surface area contributed by atoms with Crippen molar-refractivity contribution >= 4 is 11.6 Å². The average molecular weight is 356 g/mol. The highest BCUT2D eigenvalue weighted by Crippen LogP contribution is 2.43. The van der Waals surface area contributed by atoms with Gasteiger partial charge in [0.25, 0.3) is 11.6 Å². The zero-order chi connectivity index (χ0) is 18.2. The number of hydrogen-bond acceptors (Lipinski definition) is 4. The fourth-order valence-electron chi connectivity index (χ4n) is 3.40. The van der Waals surface area contributed by atoms with Crippen LogP contribution in [0.25, 0.3) is 0 Å². The van der Waals surface area contributed by atoms with Crippen LogP contribution in [-0.4, -0.2) is 38.7 Å². The molecule has 8 heteroatoms. The summed E-state index contributed by atoms with van der Waals surface area (Å²) in [4.78, 5) is 12.5. The first-order valence-electron chi connectivity index (χ1n) is 8.22. The molecule has 1 atom stereocenters. The van der Waals surface area contributed by atoms with Gasteiger partial charge in [-0.15, -0.1) is 0 Å². The van der Waals surface area contributed by atoms with E-state index in [-0.39, 0.29) is 28.0 Å². The van der Waals surface area contributed by atoms with Crippen LogP contribution in [0, 0.1) is 5.92 Å². The van der Waals surface area contributed by atoms with E-state index in [1.165, 1.54) is 24.3 Å². The highest BCUT2D eigenvalue weighted by atomic mass is 19.4. The molecule has 0 aromatic heterocycles. The third-order valence-electron chi connectivity index (χ3n) is 4.84. The van der Waals surface area contributed by atoms with E-state index in [1.54, 1.807) is 0 Å². The van der Waals surface area contributed by atoms with Crippen molar-refractivity contribution in [2.75, 3.05) is 0 Å². The molecule has 0 unspecified atom stereocenters. The van der Waals surface area contributed by atoms with Crippen molar-refractivity contribution in [2.45, 2.75) is 50.4 Å². The van der Waals surface area contributed by atoms with E-state index < -0.39 is 24.2 Å². The second kappa shape index (κ2) is 6.33. The Bertz CT molecular complexity index is 681. The molecule has 0 bridgehead atoms. The van der Waals surface area contributed by atoms with Gasteiger partial charge in [0.2, 0.25) is 0 Å². The Morgan fingerprint density at radius 2 is 1.76 bits per heavy atom. The summed E-state index contributed by atoms with van der Waals surface area (Å²) in [5, 5.41) is 23.6. The van der Waals surface area contributed by atoms with Crippen LogP contribution in [-0.2, 0) is 0 Å². The first-order valence-corrected chi connectivity index (χ1v) is 8.22. The Morgan fingerprint density at radius 3 is 2.32 bits per heavy atom. The highest BCUT2D eigenvalue weighted by molar-refractivity contribution is 5.99. The molecule has 2 N–H and O–H groups in total. The molecule has 2 aliphatic rings. The molecule has 1 aromatic rings. The number of benzene rings is 1. The second-order valence-electron chi connectivity index (χ2n) is 6.58. The molecule has 1 aliphatic carbocycles. The van der Waals surface area contributed by atoms with Gasteiger partial charge < -0.3 is 10.2 Å². The summed E-state index contributed by atoms with van der Waals surface area (Å²) in [6, 6.07) is 4.79.